The van der Waals surface area contributed by atoms with Crippen LogP contribution in [-0.2, 0) is 16.0 Å². The summed E-state index contributed by atoms with van der Waals surface area (Å²) in [6.07, 6.45) is 1.92. The second kappa shape index (κ2) is 9.53. The van der Waals surface area contributed by atoms with Gasteiger partial charge in [0, 0.05) is 18.3 Å². The molecule has 27 heavy (non-hydrogen) atoms. The molecular formula is C21H26ClN3O2. The summed E-state index contributed by atoms with van der Waals surface area (Å²) < 4.78 is 0. The molecule has 1 aliphatic heterocycles. The standard InChI is InChI=1S/C21H25N3O2.ClH/c1-15(20(22)17-9-3-2-4-10-17)21(26)23-14-19(25)24-13-7-11-16-8-5-6-12-18(16)24;/h2-6,8-10,12,15,20H,7,11,13-14,22H2,1H3,(H,23,26);1H. The number of anilines is 1. The normalized spacial score (nSPS) is 15.1. The molecule has 2 unspecified atom stereocenters. The van der Waals surface area contributed by atoms with Gasteiger partial charge in [-0.1, -0.05) is 55.5 Å². The van der Waals surface area contributed by atoms with Crippen molar-refractivity contribution in [1.29, 1.82) is 0 Å². The number of rotatable bonds is 5. The molecule has 1 aliphatic rings. The summed E-state index contributed by atoms with van der Waals surface area (Å²) in [5.74, 6) is -0.718. The molecule has 2 atom stereocenters. The van der Waals surface area contributed by atoms with Crippen LogP contribution in [0.15, 0.2) is 54.6 Å². The highest BCUT2D eigenvalue weighted by atomic mass is 35.5. The summed E-state index contributed by atoms with van der Waals surface area (Å²) in [6, 6.07) is 17.1. The van der Waals surface area contributed by atoms with Gasteiger partial charge in [0.05, 0.1) is 12.5 Å². The number of carbonyl (C=O) groups is 2. The lowest BCUT2D eigenvalue weighted by Gasteiger charge is -2.29. The van der Waals surface area contributed by atoms with Gasteiger partial charge in [-0.15, -0.1) is 12.4 Å². The zero-order chi connectivity index (χ0) is 18.5. The summed E-state index contributed by atoms with van der Waals surface area (Å²) in [6.45, 7) is 2.46. The van der Waals surface area contributed by atoms with Crippen LogP contribution in [0.25, 0.3) is 0 Å². The number of aryl methyl sites for hydroxylation is 1. The monoisotopic (exact) mass is 387 g/mol. The van der Waals surface area contributed by atoms with Crippen LogP contribution in [0, 0.1) is 5.92 Å². The van der Waals surface area contributed by atoms with Gasteiger partial charge in [0.1, 0.15) is 0 Å². The van der Waals surface area contributed by atoms with Crippen LogP contribution in [0.1, 0.15) is 30.5 Å². The van der Waals surface area contributed by atoms with E-state index in [0.29, 0.717) is 6.54 Å². The summed E-state index contributed by atoms with van der Waals surface area (Å²) in [7, 11) is 0. The van der Waals surface area contributed by atoms with Gasteiger partial charge in [-0.25, -0.2) is 0 Å². The van der Waals surface area contributed by atoms with Gasteiger partial charge < -0.3 is 16.0 Å². The van der Waals surface area contributed by atoms with Crippen molar-refractivity contribution < 1.29 is 9.59 Å². The van der Waals surface area contributed by atoms with Gasteiger partial charge in [0.15, 0.2) is 0 Å². The predicted molar refractivity (Wildman–Crippen MR) is 110 cm³/mol. The molecule has 2 aromatic carbocycles. The van der Waals surface area contributed by atoms with Gasteiger partial charge in [0.2, 0.25) is 11.8 Å². The van der Waals surface area contributed by atoms with Crippen LogP contribution >= 0.6 is 12.4 Å². The van der Waals surface area contributed by atoms with E-state index in [2.05, 4.69) is 5.32 Å². The highest BCUT2D eigenvalue weighted by Gasteiger charge is 2.25. The number of halogens is 1. The lowest BCUT2D eigenvalue weighted by Crippen LogP contribution is -2.44. The number of nitrogens with zero attached hydrogens (tertiary/aromatic N) is 1. The maximum absolute atomic E-state index is 12.6. The molecule has 0 spiro atoms. The number of hydrogen-bond acceptors (Lipinski definition) is 3. The Balaban J connectivity index is 0.00000261. The Morgan fingerprint density at radius 3 is 2.52 bits per heavy atom. The molecular weight excluding hydrogens is 362 g/mol. The van der Waals surface area contributed by atoms with Gasteiger partial charge >= 0.3 is 0 Å². The minimum atomic E-state index is -0.418. The largest absolute Gasteiger partial charge is 0.347 e. The zero-order valence-corrected chi connectivity index (χ0v) is 16.2. The fourth-order valence-electron chi connectivity index (χ4n) is 3.34. The summed E-state index contributed by atoms with van der Waals surface area (Å²) in [4.78, 5) is 26.8. The maximum Gasteiger partial charge on any atom is 0.246 e. The molecule has 2 aromatic rings. The average molecular weight is 388 g/mol. The molecule has 5 nitrogen and oxygen atoms in total. The first-order valence-corrected chi connectivity index (χ1v) is 9.04. The molecule has 3 rings (SSSR count). The molecule has 3 N–H and O–H groups in total. The number of para-hydroxylation sites is 1. The third kappa shape index (κ3) is 4.87. The zero-order valence-electron chi connectivity index (χ0n) is 15.4. The Hall–Kier alpha value is -2.37. The number of amides is 2. The molecule has 0 aliphatic carbocycles. The Morgan fingerprint density at radius 1 is 1.11 bits per heavy atom. The van der Waals surface area contributed by atoms with Crippen molar-refractivity contribution in [2.75, 3.05) is 18.0 Å². The van der Waals surface area contributed by atoms with Crippen LogP contribution in [0.2, 0.25) is 0 Å². The molecule has 1 heterocycles. The van der Waals surface area contributed by atoms with E-state index in [9.17, 15) is 9.59 Å². The first-order chi connectivity index (χ1) is 12.6. The van der Waals surface area contributed by atoms with Gasteiger partial charge in [0.25, 0.3) is 0 Å². The lowest BCUT2D eigenvalue weighted by molar-refractivity contribution is -0.128. The van der Waals surface area contributed by atoms with Crippen molar-refractivity contribution in [2.45, 2.75) is 25.8 Å². The van der Waals surface area contributed by atoms with Crippen molar-refractivity contribution in [3.8, 4) is 0 Å². The van der Waals surface area contributed by atoms with E-state index in [1.165, 1.54) is 5.56 Å². The number of carbonyl (C=O) groups excluding carboxylic acids is 2. The first-order valence-electron chi connectivity index (χ1n) is 9.04. The molecule has 0 saturated carbocycles. The Morgan fingerprint density at radius 2 is 1.78 bits per heavy atom. The second-order valence-electron chi connectivity index (χ2n) is 6.72. The molecule has 0 radical (unpaired) electrons. The highest BCUT2D eigenvalue weighted by molar-refractivity contribution is 5.97. The fraction of sp³-hybridized carbons (Fsp3) is 0.333. The Bertz CT molecular complexity index is 782. The van der Waals surface area contributed by atoms with Crippen molar-refractivity contribution in [3.05, 3.63) is 65.7 Å². The van der Waals surface area contributed by atoms with E-state index < -0.39 is 12.0 Å². The second-order valence-corrected chi connectivity index (χ2v) is 6.72. The average Bonchev–Trinajstić information content (AvgIpc) is 2.70. The van der Waals surface area contributed by atoms with E-state index in [1.54, 1.807) is 11.8 Å². The third-order valence-corrected chi connectivity index (χ3v) is 4.96. The third-order valence-electron chi connectivity index (χ3n) is 4.96. The number of hydrogen-bond donors (Lipinski definition) is 2. The smallest absolute Gasteiger partial charge is 0.246 e. The molecule has 0 bridgehead atoms. The van der Waals surface area contributed by atoms with E-state index in [-0.39, 0.29) is 30.8 Å². The molecule has 0 saturated heterocycles. The number of fused-ring (bicyclic) bond motifs is 1. The maximum atomic E-state index is 12.6. The number of benzene rings is 2. The van der Waals surface area contributed by atoms with Crippen molar-refractivity contribution in [2.24, 2.45) is 11.7 Å². The van der Waals surface area contributed by atoms with Crippen molar-refractivity contribution in [3.63, 3.8) is 0 Å². The van der Waals surface area contributed by atoms with Gasteiger partial charge in [-0.05, 0) is 30.0 Å². The lowest BCUT2D eigenvalue weighted by atomic mass is 9.94. The first kappa shape index (κ1) is 20.9. The van der Waals surface area contributed by atoms with Crippen LogP contribution < -0.4 is 16.0 Å². The summed E-state index contributed by atoms with van der Waals surface area (Å²) >= 11 is 0. The number of nitrogens with two attached hydrogens (primary N) is 1. The van der Waals surface area contributed by atoms with E-state index in [4.69, 9.17) is 5.73 Å². The molecule has 144 valence electrons. The minimum Gasteiger partial charge on any atom is -0.347 e. The van der Waals surface area contributed by atoms with E-state index in [1.807, 2.05) is 54.6 Å². The topological polar surface area (TPSA) is 75.4 Å². The van der Waals surface area contributed by atoms with Crippen LogP contribution in [0.4, 0.5) is 5.69 Å². The SMILES string of the molecule is CC(C(=O)NCC(=O)N1CCCc2ccccc21)C(N)c1ccccc1.Cl. The van der Waals surface area contributed by atoms with Crippen molar-refractivity contribution >= 4 is 29.9 Å². The predicted octanol–water partition coefficient (Wildman–Crippen LogP) is 2.84. The minimum absolute atomic E-state index is 0. The van der Waals surface area contributed by atoms with Crippen LogP contribution in [-0.4, -0.2) is 24.9 Å². The van der Waals surface area contributed by atoms with Gasteiger partial charge in [-0.2, -0.15) is 0 Å². The summed E-state index contributed by atoms with van der Waals surface area (Å²) in [5, 5.41) is 2.75. The Kier molecular flexibility index (Phi) is 7.39. The quantitative estimate of drug-likeness (QED) is 0.828. The van der Waals surface area contributed by atoms with Gasteiger partial charge in [-0.3, -0.25) is 9.59 Å². The van der Waals surface area contributed by atoms with Crippen LogP contribution in [0.5, 0.6) is 0 Å². The number of nitrogens with one attached hydrogen (secondary N) is 1. The fourth-order valence-corrected chi connectivity index (χ4v) is 3.34. The highest BCUT2D eigenvalue weighted by Crippen LogP contribution is 2.26. The molecule has 0 aromatic heterocycles. The molecule has 0 fully saturated rings. The Labute approximate surface area is 166 Å². The summed E-state index contributed by atoms with van der Waals surface area (Å²) in [5.41, 5.74) is 9.23. The molecule has 2 amide bonds. The molecule has 6 heteroatoms. The van der Waals surface area contributed by atoms with Crippen molar-refractivity contribution in [1.82, 2.24) is 5.32 Å². The van der Waals surface area contributed by atoms with E-state index >= 15 is 0 Å². The van der Waals surface area contributed by atoms with Crippen LogP contribution in [0.3, 0.4) is 0 Å². The van der Waals surface area contributed by atoms with E-state index in [0.717, 1.165) is 24.1 Å².